The van der Waals surface area contributed by atoms with Crippen LogP contribution in [0.4, 0.5) is 0 Å². The van der Waals surface area contributed by atoms with Crippen LogP contribution >= 0.6 is 0 Å². The summed E-state index contributed by atoms with van der Waals surface area (Å²) < 4.78 is 10.0. The SMILES string of the molecule is O=C(OCC=C1CCCCC1)c1ccc(C(=O)OCCO)cc1. The number of carbonyl (C=O) groups excluding carboxylic acids is 2. The summed E-state index contributed by atoms with van der Waals surface area (Å²) in [6, 6.07) is 6.09. The first-order valence-corrected chi connectivity index (χ1v) is 7.94. The molecule has 0 radical (unpaired) electrons. The molecule has 0 bridgehead atoms. The maximum atomic E-state index is 11.9. The van der Waals surface area contributed by atoms with E-state index in [1.165, 1.54) is 49.1 Å². The van der Waals surface area contributed by atoms with Gasteiger partial charge in [-0.25, -0.2) is 9.59 Å². The molecule has 1 aromatic rings. The largest absolute Gasteiger partial charge is 0.460 e. The van der Waals surface area contributed by atoms with Crippen LogP contribution in [-0.2, 0) is 9.47 Å². The van der Waals surface area contributed by atoms with Crippen molar-refractivity contribution in [1.82, 2.24) is 0 Å². The highest BCUT2D eigenvalue weighted by molar-refractivity contribution is 5.93. The zero-order valence-corrected chi connectivity index (χ0v) is 13.1. The smallest absolute Gasteiger partial charge is 0.338 e. The van der Waals surface area contributed by atoms with Crippen LogP contribution < -0.4 is 0 Å². The fraction of sp³-hybridized carbons (Fsp3) is 0.444. The quantitative estimate of drug-likeness (QED) is 0.645. The number of carbonyl (C=O) groups is 2. The Bertz CT molecular complexity index is 551. The minimum atomic E-state index is -0.527. The molecule has 0 heterocycles. The van der Waals surface area contributed by atoms with Crippen molar-refractivity contribution in [2.75, 3.05) is 19.8 Å². The molecule has 5 nitrogen and oxygen atoms in total. The van der Waals surface area contributed by atoms with Crippen LogP contribution in [0.15, 0.2) is 35.9 Å². The van der Waals surface area contributed by atoms with Crippen molar-refractivity contribution in [3.8, 4) is 0 Å². The minimum Gasteiger partial charge on any atom is -0.460 e. The molecule has 2 rings (SSSR count). The van der Waals surface area contributed by atoms with Crippen molar-refractivity contribution in [2.24, 2.45) is 0 Å². The van der Waals surface area contributed by atoms with Gasteiger partial charge in [-0.15, -0.1) is 0 Å². The Labute approximate surface area is 135 Å². The second-order valence-corrected chi connectivity index (χ2v) is 5.46. The molecule has 0 atom stereocenters. The molecule has 1 aliphatic carbocycles. The summed E-state index contributed by atoms with van der Waals surface area (Å²) >= 11 is 0. The van der Waals surface area contributed by atoms with E-state index in [0.717, 1.165) is 12.8 Å². The topological polar surface area (TPSA) is 72.8 Å². The van der Waals surface area contributed by atoms with Crippen LogP contribution in [-0.4, -0.2) is 36.9 Å². The van der Waals surface area contributed by atoms with E-state index in [-0.39, 0.29) is 19.8 Å². The van der Waals surface area contributed by atoms with Crippen molar-refractivity contribution >= 4 is 11.9 Å². The van der Waals surface area contributed by atoms with Crippen molar-refractivity contribution < 1.29 is 24.2 Å². The van der Waals surface area contributed by atoms with Crippen LogP contribution in [0.25, 0.3) is 0 Å². The Morgan fingerprint density at radius 2 is 1.52 bits per heavy atom. The lowest BCUT2D eigenvalue weighted by Gasteiger charge is -2.13. The molecule has 23 heavy (non-hydrogen) atoms. The summed E-state index contributed by atoms with van der Waals surface area (Å²) in [5, 5.41) is 8.61. The lowest BCUT2D eigenvalue weighted by atomic mass is 9.95. The fourth-order valence-corrected chi connectivity index (χ4v) is 2.49. The highest BCUT2D eigenvalue weighted by Crippen LogP contribution is 2.22. The van der Waals surface area contributed by atoms with Crippen LogP contribution in [0.2, 0.25) is 0 Å². The van der Waals surface area contributed by atoms with E-state index in [9.17, 15) is 9.59 Å². The first kappa shape index (κ1) is 17.2. The molecular formula is C18H22O5. The van der Waals surface area contributed by atoms with Crippen molar-refractivity contribution in [2.45, 2.75) is 32.1 Å². The van der Waals surface area contributed by atoms with Gasteiger partial charge in [0.25, 0.3) is 0 Å². The van der Waals surface area contributed by atoms with Gasteiger partial charge in [-0.1, -0.05) is 12.0 Å². The normalized spacial score (nSPS) is 14.2. The second-order valence-electron chi connectivity index (χ2n) is 5.46. The summed E-state index contributed by atoms with van der Waals surface area (Å²) in [6.45, 7) is 0.0252. The number of hydrogen-bond acceptors (Lipinski definition) is 5. The van der Waals surface area contributed by atoms with Gasteiger partial charge in [0.15, 0.2) is 0 Å². The van der Waals surface area contributed by atoms with Crippen molar-refractivity contribution in [3.05, 3.63) is 47.0 Å². The van der Waals surface area contributed by atoms with Gasteiger partial charge in [-0.2, -0.15) is 0 Å². The number of hydrogen-bond donors (Lipinski definition) is 1. The first-order chi connectivity index (χ1) is 11.2. The molecule has 0 saturated heterocycles. The molecule has 1 aliphatic rings. The van der Waals surface area contributed by atoms with Crippen LogP contribution in [0.5, 0.6) is 0 Å². The Balaban J connectivity index is 1.83. The third-order valence-electron chi connectivity index (χ3n) is 3.76. The number of ether oxygens (including phenoxy) is 2. The Kier molecular flexibility index (Phi) is 6.81. The summed E-state index contributed by atoms with van der Waals surface area (Å²) in [4.78, 5) is 23.5. The molecule has 5 heteroatoms. The standard InChI is InChI=1S/C18H22O5/c19-11-13-23-18(21)16-8-6-15(7-9-16)17(20)22-12-10-14-4-2-1-3-5-14/h6-10,19H,1-5,11-13H2. The average Bonchev–Trinajstić information content (AvgIpc) is 2.60. The number of esters is 2. The number of allylic oxidation sites excluding steroid dienone is 1. The number of benzene rings is 1. The van der Waals surface area contributed by atoms with Gasteiger partial charge in [-0.3, -0.25) is 0 Å². The van der Waals surface area contributed by atoms with Gasteiger partial charge < -0.3 is 14.6 Å². The summed E-state index contributed by atoms with van der Waals surface area (Å²) in [5.41, 5.74) is 2.09. The van der Waals surface area contributed by atoms with E-state index < -0.39 is 11.9 Å². The molecule has 0 unspecified atom stereocenters. The van der Waals surface area contributed by atoms with E-state index in [2.05, 4.69) is 0 Å². The Morgan fingerprint density at radius 1 is 0.957 bits per heavy atom. The number of rotatable bonds is 6. The van der Waals surface area contributed by atoms with E-state index >= 15 is 0 Å². The van der Waals surface area contributed by atoms with Crippen LogP contribution in [0.3, 0.4) is 0 Å². The van der Waals surface area contributed by atoms with Gasteiger partial charge in [0.2, 0.25) is 0 Å². The minimum absolute atomic E-state index is 0.0444. The molecule has 0 amide bonds. The molecule has 1 saturated carbocycles. The van der Waals surface area contributed by atoms with Crippen LogP contribution in [0, 0.1) is 0 Å². The molecule has 0 aliphatic heterocycles. The number of aliphatic hydroxyl groups excluding tert-OH is 1. The van der Waals surface area contributed by atoms with Crippen molar-refractivity contribution in [1.29, 1.82) is 0 Å². The van der Waals surface area contributed by atoms with Crippen molar-refractivity contribution in [3.63, 3.8) is 0 Å². The summed E-state index contributed by atoms with van der Waals surface area (Å²) in [5.74, 6) is -0.936. The fourth-order valence-electron chi connectivity index (χ4n) is 2.49. The lowest BCUT2D eigenvalue weighted by molar-refractivity contribution is 0.0432. The Morgan fingerprint density at radius 3 is 2.09 bits per heavy atom. The average molecular weight is 318 g/mol. The zero-order chi connectivity index (χ0) is 16.5. The molecule has 1 fully saturated rings. The number of aliphatic hydroxyl groups is 1. The maximum Gasteiger partial charge on any atom is 0.338 e. The van der Waals surface area contributed by atoms with Gasteiger partial charge >= 0.3 is 11.9 Å². The molecule has 1 aromatic carbocycles. The molecule has 1 N–H and O–H groups in total. The predicted molar refractivity (Wildman–Crippen MR) is 85.3 cm³/mol. The predicted octanol–water partition coefficient (Wildman–Crippen LogP) is 2.88. The van der Waals surface area contributed by atoms with E-state index in [1.807, 2.05) is 6.08 Å². The highest BCUT2D eigenvalue weighted by atomic mass is 16.5. The summed E-state index contributed by atoms with van der Waals surface area (Å²) in [6.07, 6.45) is 7.91. The molecule has 0 spiro atoms. The first-order valence-electron chi connectivity index (χ1n) is 7.94. The lowest BCUT2D eigenvalue weighted by Crippen LogP contribution is -2.10. The Hall–Kier alpha value is -2.14. The van der Waals surface area contributed by atoms with E-state index in [1.54, 1.807) is 0 Å². The van der Waals surface area contributed by atoms with Gasteiger partial charge in [0.05, 0.1) is 17.7 Å². The highest BCUT2D eigenvalue weighted by Gasteiger charge is 2.11. The van der Waals surface area contributed by atoms with Gasteiger partial charge in [0.1, 0.15) is 13.2 Å². The van der Waals surface area contributed by atoms with Gasteiger partial charge in [-0.05, 0) is 56.0 Å². The van der Waals surface area contributed by atoms with E-state index in [4.69, 9.17) is 14.6 Å². The molecule has 124 valence electrons. The maximum absolute atomic E-state index is 11.9. The monoisotopic (exact) mass is 318 g/mol. The van der Waals surface area contributed by atoms with Crippen LogP contribution in [0.1, 0.15) is 52.8 Å². The third kappa shape index (κ3) is 5.53. The second kappa shape index (κ2) is 9.10. The summed E-state index contributed by atoms with van der Waals surface area (Å²) in [7, 11) is 0. The third-order valence-corrected chi connectivity index (χ3v) is 3.76. The van der Waals surface area contributed by atoms with E-state index in [0.29, 0.717) is 11.1 Å². The molecule has 0 aromatic heterocycles. The molecular weight excluding hydrogens is 296 g/mol. The zero-order valence-electron chi connectivity index (χ0n) is 13.1. The van der Waals surface area contributed by atoms with Gasteiger partial charge in [0, 0.05) is 0 Å².